The van der Waals surface area contributed by atoms with Crippen LogP contribution >= 0.6 is 0 Å². The topological polar surface area (TPSA) is 47.9 Å². The summed E-state index contributed by atoms with van der Waals surface area (Å²) in [6, 6.07) is 6.18. The largest absolute Gasteiger partial charge is 0.489 e. The fourth-order valence-electron chi connectivity index (χ4n) is 4.32. The molecule has 4 atom stereocenters. The number of fused-ring (bicyclic) bond motifs is 3. The Kier molecular flexibility index (Phi) is 6.67. The summed E-state index contributed by atoms with van der Waals surface area (Å²) in [5.74, 6) is 1.42. The first-order valence-electron chi connectivity index (χ1n) is 11.8. The van der Waals surface area contributed by atoms with Gasteiger partial charge >= 0.3 is 0 Å². The van der Waals surface area contributed by atoms with Crippen LogP contribution in [0.5, 0.6) is 5.75 Å². The molecule has 1 aromatic rings. The Balaban J connectivity index is 1.92. The maximum Gasteiger partial charge on any atom is 0.192 e. The van der Waals surface area contributed by atoms with Gasteiger partial charge in [-0.2, -0.15) is 0 Å². The van der Waals surface area contributed by atoms with E-state index in [4.69, 9.17) is 13.6 Å². The minimum absolute atomic E-state index is 0.0116. The predicted octanol–water partition coefficient (Wildman–Crippen LogP) is 6.46. The van der Waals surface area contributed by atoms with E-state index < -0.39 is 16.6 Å². The highest BCUT2D eigenvalue weighted by molar-refractivity contribution is 6.74. The molecule has 1 heterocycles. The summed E-state index contributed by atoms with van der Waals surface area (Å²) >= 11 is 0. The third-order valence-electron chi connectivity index (χ3n) is 8.42. The van der Waals surface area contributed by atoms with Gasteiger partial charge < -0.3 is 18.7 Å². The maximum atomic E-state index is 9.81. The fourth-order valence-corrected chi connectivity index (χ4v) is 6.74. The highest BCUT2D eigenvalue weighted by Gasteiger charge is 2.54. The molecule has 0 spiro atoms. The van der Waals surface area contributed by atoms with Crippen molar-refractivity contribution in [3.8, 4) is 5.75 Å². The van der Waals surface area contributed by atoms with Crippen molar-refractivity contribution in [3.05, 3.63) is 29.3 Å². The lowest BCUT2D eigenvalue weighted by molar-refractivity contribution is 0.0936. The first-order chi connectivity index (χ1) is 14.1. The van der Waals surface area contributed by atoms with Crippen molar-refractivity contribution in [3.63, 3.8) is 0 Å². The van der Waals surface area contributed by atoms with Crippen LogP contribution in [0.25, 0.3) is 0 Å². The minimum atomic E-state index is -1.92. The van der Waals surface area contributed by atoms with Gasteiger partial charge in [-0.05, 0) is 36.3 Å². The van der Waals surface area contributed by atoms with Gasteiger partial charge in [-0.25, -0.2) is 0 Å². The van der Waals surface area contributed by atoms with Gasteiger partial charge in [-0.15, -0.1) is 0 Å². The molecule has 3 rings (SSSR count). The smallest absolute Gasteiger partial charge is 0.192 e. The quantitative estimate of drug-likeness (QED) is 0.491. The molecule has 1 saturated carbocycles. The van der Waals surface area contributed by atoms with E-state index in [0.717, 1.165) is 17.7 Å². The Morgan fingerprint density at radius 1 is 1.00 bits per heavy atom. The van der Waals surface area contributed by atoms with Crippen LogP contribution in [0, 0.1) is 5.92 Å². The van der Waals surface area contributed by atoms with Gasteiger partial charge in [0.2, 0.25) is 0 Å². The summed E-state index contributed by atoms with van der Waals surface area (Å²) in [4.78, 5) is 0. The second kappa shape index (κ2) is 8.28. The Hall–Kier alpha value is -0.666. The van der Waals surface area contributed by atoms with Gasteiger partial charge in [0, 0.05) is 36.0 Å². The standard InChI is InChI=1S/C25H44O4Si2/c1-24(2,3)30(7,8)27-16-19-20(29-31(9,10)25(4,5)6)14-21-22(19)18-13-11-12-17(15-26)23(18)28-21/h11-13,19-22,26H,14-16H2,1-10H3/t19-,20?,21-,22+/m0/s1. The second-order valence-electron chi connectivity index (χ2n) is 12.6. The van der Waals surface area contributed by atoms with Crippen molar-refractivity contribution in [2.24, 2.45) is 5.92 Å². The first-order valence-corrected chi connectivity index (χ1v) is 17.6. The molecule has 1 aliphatic heterocycles. The van der Waals surface area contributed by atoms with Crippen LogP contribution in [0.15, 0.2) is 18.2 Å². The van der Waals surface area contributed by atoms with Crippen molar-refractivity contribution >= 4 is 16.6 Å². The van der Waals surface area contributed by atoms with Crippen LogP contribution in [0.3, 0.4) is 0 Å². The highest BCUT2D eigenvalue weighted by Crippen LogP contribution is 2.54. The molecule has 1 aliphatic carbocycles. The SMILES string of the molecule is CC(C)(C)[Si](C)(C)OC[C@H]1C(O[Si](C)(C)C(C)(C)C)C[C@@H]2Oc3c(CO)cccc3[C@@H]21. The third-order valence-corrected chi connectivity index (χ3v) is 17.4. The fraction of sp³-hybridized carbons (Fsp3) is 0.760. The molecule has 31 heavy (non-hydrogen) atoms. The predicted molar refractivity (Wildman–Crippen MR) is 133 cm³/mol. The molecule has 0 saturated heterocycles. The van der Waals surface area contributed by atoms with Crippen LogP contribution in [0.1, 0.15) is 65.0 Å². The Labute approximate surface area is 191 Å². The van der Waals surface area contributed by atoms with Gasteiger partial charge in [0.25, 0.3) is 0 Å². The Morgan fingerprint density at radius 2 is 1.61 bits per heavy atom. The molecule has 0 amide bonds. The molecule has 6 heteroatoms. The zero-order valence-electron chi connectivity index (χ0n) is 21.3. The number of hydrogen-bond acceptors (Lipinski definition) is 4. The van der Waals surface area contributed by atoms with Crippen molar-refractivity contribution in [2.45, 2.75) is 109 Å². The summed E-state index contributed by atoms with van der Waals surface area (Å²) in [6.07, 6.45) is 1.14. The zero-order valence-corrected chi connectivity index (χ0v) is 23.3. The van der Waals surface area contributed by atoms with Crippen molar-refractivity contribution in [1.29, 1.82) is 0 Å². The second-order valence-corrected chi connectivity index (χ2v) is 22.1. The average molecular weight is 465 g/mol. The number of rotatable bonds is 6. The lowest BCUT2D eigenvalue weighted by atomic mass is 9.88. The normalized spacial score (nSPS) is 26.5. The molecule has 1 fully saturated rings. The van der Waals surface area contributed by atoms with Gasteiger partial charge in [-0.1, -0.05) is 59.7 Å². The van der Waals surface area contributed by atoms with Crippen molar-refractivity contribution < 1.29 is 18.7 Å². The van der Waals surface area contributed by atoms with Crippen molar-refractivity contribution in [1.82, 2.24) is 0 Å². The van der Waals surface area contributed by atoms with Crippen LogP contribution in [-0.2, 0) is 15.5 Å². The Morgan fingerprint density at radius 3 is 2.16 bits per heavy atom. The van der Waals surface area contributed by atoms with E-state index in [1.54, 1.807) is 0 Å². The van der Waals surface area contributed by atoms with E-state index in [-0.39, 0.29) is 40.7 Å². The van der Waals surface area contributed by atoms with E-state index in [1.807, 2.05) is 12.1 Å². The third kappa shape index (κ3) is 4.69. The van der Waals surface area contributed by atoms with E-state index >= 15 is 0 Å². The zero-order chi connectivity index (χ0) is 23.4. The molecule has 1 unspecified atom stereocenters. The summed E-state index contributed by atoms with van der Waals surface area (Å²) in [5.41, 5.74) is 2.11. The summed E-state index contributed by atoms with van der Waals surface area (Å²) in [5, 5.41) is 10.1. The Bertz CT molecular complexity index is 792. The average Bonchev–Trinajstić information content (AvgIpc) is 3.13. The molecule has 0 aromatic heterocycles. The van der Waals surface area contributed by atoms with Crippen LogP contribution in [0.2, 0.25) is 36.3 Å². The highest BCUT2D eigenvalue weighted by atomic mass is 28.4. The number of ether oxygens (including phenoxy) is 1. The number of benzene rings is 1. The lowest BCUT2D eigenvalue weighted by Crippen LogP contribution is -2.47. The molecule has 4 nitrogen and oxygen atoms in total. The van der Waals surface area contributed by atoms with Crippen LogP contribution in [0.4, 0.5) is 0 Å². The molecule has 1 aromatic carbocycles. The van der Waals surface area contributed by atoms with Gasteiger partial charge in [0.05, 0.1) is 12.7 Å². The van der Waals surface area contributed by atoms with Gasteiger partial charge in [0.1, 0.15) is 11.9 Å². The van der Waals surface area contributed by atoms with Crippen molar-refractivity contribution in [2.75, 3.05) is 6.61 Å². The van der Waals surface area contributed by atoms with Crippen LogP contribution < -0.4 is 4.74 Å². The van der Waals surface area contributed by atoms with E-state index in [1.165, 1.54) is 5.56 Å². The molecule has 1 N–H and O–H groups in total. The van der Waals surface area contributed by atoms with E-state index in [2.05, 4.69) is 73.8 Å². The summed E-state index contributed by atoms with van der Waals surface area (Å²) in [6.45, 7) is 23.8. The number of hydrogen-bond donors (Lipinski definition) is 1. The minimum Gasteiger partial charge on any atom is -0.489 e. The first kappa shape index (κ1) is 25.0. The maximum absolute atomic E-state index is 9.81. The molecule has 0 radical (unpaired) electrons. The molecule has 2 aliphatic rings. The molecule has 0 bridgehead atoms. The van der Waals surface area contributed by atoms with Gasteiger partial charge in [-0.3, -0.25) is 0 Å². The van der Waals surface area contributed by atoms with E-state index in [9.17, 15) is 5.11 Å². The number of aliphatic hydroxyl groups is 1. The number of aliphatic hydroxyl groups excluding tert-OH is 1. The molecular weight excluding hydrogens is 420 g/mol. The van der Waals surface area contributed by atoms with Gasteiger partial charge in [0.15, 0.2) is 16.6 Å². The molecule has 176 valence electrons. The lowest BCUT2D eigenvalue weighted by Gasteiger charge is -2.42. The summed E-state index contributed by atoms with van der Waals surface area (Å²) < 4.78 is 20.2. The monoisotopic (exact) mass is 464 g/mol. The van der Waals surface area contributed by atoms with E-state index in [0.29, 0.717) is 6.61 Å². The molecular formula is C25H44O4Si2. The number of para-hydroxylation sites is 1. The van der Waals surface area contributed by atoms with Crippen LogP contribution in [-0.4, -0.2) is 40.6 Å². The summed E-state index contributed by atoms with van der Waals surface area (Å²) in [7, 11) is -3.80.